The molecule has 0 saturated heterocycles. The van der Waals surface area contributed by atoms with Crippen molar-refractivity contribution in [3.63, 3.8) is 0 Å². The second-order valence-corrected chi connectivity index (χ2v) is 25.9. The van der Waals surface area contributed by atoms with Crippen LogP contribution in [0, 0.1) is 0 Å². The van der Waals surface area contributed by atoms with Gasteiger partial charge in [0.1, 0.15) is 0 Å². The van der Waals surface area contributed by atoms with E-state index in [2.05, 4.69) is 370 Å². The van der Waals surface area contributed by atoms with E-state index in [1.165, 1.54) is 82.6 Å². The van der Waals surface area contributed by atoms with E-state index in [1.807, 2.05) is 0 Å². The van der Waals surface area contributed by atoms with Gasteiger partial charge in [0.15, 0.2) is 0 Å². The molecule has 0 aliphatic carbocycles. The summed E-state index contributed by atoms with van der Waals surface area (Å²) in [6.45, 7) is 6.96. The number of anilines is 6. The average molecular weight is 1190 g/mol. The van der Waals surface area contributed by atoms with Crippen molar-refractivity contribution in [1.29, 1.82) is 0 Å². The predicted molar refractivity (Wildman–Crippen MR) is 398 cm³/mol. The molecule has 0 unspecified atom stereocenters. The molecule has 0 saturated carbocycles. The average Bonchev–Trinajstić information content (AvgIpc) is 0.693. The van der Waals surface area contributed by atoms with Crippen LogP contribution in [0.5, 0.6) is 0 Å². The molecular weight excluding hydrogens is 1120 g/mol. The van der Waals surface area contributed by atoms with E-state index >= 15 is 0 Å². The minimum Gasteiger partial charge on any atom is -0.310 e. The lowest BCUT2D eigenvalue weighted by molar-refractivity contribution is 0.590. The molecule has 2 nitrogen and oxygen atoms in total. The summed E-state index contributed by atoms with van der Waals surface area (Å²) in [7, 11) is 0. The zero-order valence-electron chi connectivity index (χ0n) is 52.3. The monoisotopic (exact) mass is 1180 g/mol. The van der Waals surface area contributed by atoms with Crippen molar-refractivity contribution in [2.45, 2.75) is 26.2 Å². The highest BCUT2D eigenvalue weighted by atomic mass is 15.2. The molecule has 0 amide bonds. The first kappa shape index (κ1) is 55.5. The Balaban J connectivity index is 1.01. The molecule has 0 atom stereocenters. The first-order chi connectivity index (χ1) is 45.8. The second-order valence-electron chi connectivity index (χ2n) is 25.9. The second kappa shape index (κ2) is 22.8. The van der Waals surface area contributed by atoms with Gasteiger partial charge < -0.3 is 9.80 Å². The fourth-order valence-corrected chi connectivity index (χ4v) is 15.1. The van der Waals surface area contributed by atoms with Crippen LogP contribution in [0.25, 0.3) is 111 Å². The third-order valence-electron chi connectivity index (χ3n) is 19.4. The summed E-state index contributed by atoms with van der Waals surface area (Å²) in [6, 6.07) is 127. The summed E-state index contributed by atoms with van der Waals surface area (Å²) in [5.41, 5.74) is 30.4. The molecule has 2 aliphatic rings. The molecule has 2 aliphatic heterocycles. The Kier molecular flexibility index (Phi) is 13.6. The van der Waals surface area contributed by atoms with Crippen molar-refractivity contribution in [2.75, 3.05) is 9.80 Å². The van der Waals surface area contributed by atoms with Gasteiger partial charge in [-0.1, -0.05) is 330 Å². The molecule has 0 spiro atoms. The number of rotatable bonds is 10. The standard InChI is InChI=1S/C90H65BN2/c1-90(2,3)70-58-83-87-84(59-70)93(89-73(63-35-17-7-18-36-63)47-28-48-74(89)64-37-19-8-20-38-64)82-57-69(67-49-52-77-78(55-67)86(66-41-23-10-24-42-66)76-44-26-25-43-75(76)85(77)65-39-21-9-22-40-65)51-54-80(82)91(87)79-53-50-68(60-29-11-4-12-30-60)56-81(79)92(83)88-71(61-31-13-5-14-32-61)45-27-46-72(88)62-33-15-6-16-34-62/h4-59H,1-3H3. The number of hydrogen-bond donors (Lipinski definition) is 0. The molecule has 438 valence electrons. The Morgan fingerprint density at radius 3 is 0.935 bits per heavy atom. The van der Waals surface area contributed by atoms with Crippen LogP contribution in [0.3, 0.4) is 0 Å². The van der Waals surface area contributed by atoms with Gasteiger partial charge in [0.05, 0.1) is 11.4 Å². The quantitative estimate of drug-likeness (QED) is 0.0995. The van der Waals surface area contributed by atoms with E-state index in [0.29, 0.717) is 0 Å². The summed E-state index contributed by atoms with van der Waals surface area (Å²) in [5.74, 6) is 0. The zero-order valence-corrected chi connectivity index (χ0v) is 52.3. The van der Waals surface area contributed by atoms with Crippen LogP contribution in [-0.4, -0.2) is 6.71 Å². The third kappa shape index (κ3) is 9.50. The van der Waals surface area contributed by atoms with Crippen molar-refractivity contribution in [2.24, 2.45) is 0 Å². The first-order valence-electron chi connectivity index (χ1n) is 32.5. The first-order valence-corrected chi connectivity index (χ1v) is 32.5. The summed E-state index contributed by atoms with van der Waals surface area (Å²) in [6.07, 6.45) is 0. The zero-order chi connectivity index (χ0) is 62.2. The normalized spacial score (nSPS) is 12.4. The largest absolute Gasteiger partial charge is 0.310 e. The van der Waals surface area contributed by atoms with Crippen LogP contribution >= 0.6 is 0 Å². The molecule has 0 bridgehead atoms. The Morgan fingerprint density at radius 2 is 0.548 bits per heavy atom. The third-order valence-corrected chi connectivity index (χ3v) is 19.4. The maximum absolute atomic E-state index is 2.69. The van der Waals surface area contributed by atoms with Gasteiger partial charge in [0.2, 0.25) is 0 Å². The Bertz CT molecular complexity index is 5220. The summed E-state index contributed by atoms with van der Waals surface area (Å²) in [5, 5.41) is 4.93. The lowest BCUT2D eigenvalue weighted by Crippen LogP contribution is -2.61. The van der Waals surface area contributed by atoms with Crippen LogP contribution in [0.2, 0.25) is 0 Å². The van der Waals surface area contributed by atoms with Crippen molar-refractivity contribution >= 4 is 78.8 Å². The molecule has 0 fully saturated rings. The highest BCUT2D eigenvalue weighted by Gasteiger charge is 2.46. The van der Waals surface area contributed by atoms with Gasteiger partial charge >= 0.3 is 0 Å². The maximum atomic E-state index is 2.69. The van der Waals surface area contributed by atoms with Gasteiger partial charge in [-0.15, -0.1) is 0 Å². The molecule has 15 aromatic carbocycles. The van der Waals surface area contributed by atoms with Gasteiger partial charge in [0.25, 0.3) is 6.71 Å². The fraction of sp³-hybridized carbons (Fsp3) is 0.0444. The fourth-order valence-electron chi connectivity index (χ4n) is 15.1. The van der Waals surface area contributed by atoms with Gasteiger partial charge in [-0.3, -0.25) is 0 Å². The van der Waals surface area contributed by atoms with Gasteiger partial charge in [-0.25, -0.2) is 0 Å². The minimum atomic E-state index is -0.278. The number of hydrogen-bond acceptors (Lipinski definition) is 2. The van der Waals surface area contributed by atoms with E-state index in [-0.39, 0.29) is 12.1 Å². The van der Waals surface area contributed by atoms with Gasteiger partial charge in [-0.2, -0.15) is 0 Å². The summed E-state index contributed by atoms with van der Waals surface area (Å²) < 4.78 is 0. The lowest BCUT2D eigenvalue weighted by Gasteiger charge is -2.46. The van der Waals surface area contributed by atoms with Crippen LogP contribution in [-0.2, 0) is 5.41 Å². The van der Waals surface area contributed by atoms with Crippen molar-refractivity contribution in [3.05, 3.63) is 345 Å². The van der Waals surface area contributed by atoms with Crippen LogP contribution in [0.4, 0.5) is 34.1 Å². The SMILES string of the molecule is CC(C)(C)c1cc2c3c(c1)N(c1c(-c4ccccc4)cccc1-c1ccccc1)c1cc(-c4ccc5c(-c6ccccc6)c6ccccc6c(-c6ccccc6)c5c4)ccc1B3c1ccc(-c3ccccc3)cc1N2c1c(-c2ccccc2)cccc1-c1ccccc1. The van der Waals surface area contributed by atoms with Crippen LogP contribution in [0.1, 0.15) is 26.3 Å². The molecule has 0 radical (unpaired) electrons. The molecular formula is C90H65BN2. The van der Waals surface area contributed by atoms with Crippen molar-refractivity contribution < 1.29 is 0 Å². The van der Waals surface area contributed by atoms with E-state index < -0.39 is 0 Å². The van der Waals surface area contributed by atoms with Gasteiger partial charge in [-0.05, 0) is 146 Å². The Morgan fingerprint density at radius 1 is 0.237 bits per heavy atom. The summed E-state index contributed by atoms with van der Waals surface area (Å²) >= 11 is 0. The van der Waals surface area contributed by atoms with Crippen LogP contribution in [0.15, 0.2) is 340 Å². The summed E-state index contributed by atoms with van der Waals surface area (Å²) in [4.78, 5) is 5.36. The topological polar surface area (TPSA) is 6.48 Å². The molecule has 2 heterocycles. The predicted octanol–water partition coefficient (Wildman–Crippen LogP) is 22.7. The highest BCUT2D eigenvalue weighted by Crippen LogP contribution is 2.55. The number of para-hydroxylation sites is 2. The van der Waals surface area contributed by atoms with E-state index in [9.17, 15) is 0 Å². The lowest BCUT2D eigenvalue weighted by atomic mass is 9.33. The van der Waals surface area contributed by atoms with Crippen LogP contribution < -0.4 is 26.2 Å². The number of benzene rings is 15. The molecule has 15 aromatic rings. The number of fused-ring (bicyclic) bond motifs is 6. The van der Waals surface area contributed by atoms with Crippen molar-refractivity contribution in [1.82, 2.24) is 0 Å². The van der Waals surface area contributed by atoms with E-state index in [1.54, 1.807) is 0 Å². The highest BCUT2D eigenvalue weighted by molar-refractivity contribution is 7.00. The number of nitrogens with zero attached hydrogens (tertiary/aromatic N) is 2. The molecule has 0 N–H and O–H groups in total. The molecule has 17 rings (SSSR count). The molecule has 0 aromatic heterocycles. The van der Waals surface area contributed by atoms with Gasteiger partial charge in [0, 0.05) is 45.0 Å². The molecule has 93 heavy (non-hydrogen) atoms. The smallest absolute Gasteiger partial charge is 0.252 e. The minimum absolute atomic E-state index is 0.172. The maximum Gasteiger partial charge on any atom is 0.252 e. The van der Waals surface area contributed by atoms with E-state index in [4.69, 9.17) is 0 Å². The van der Waals surface area contributed by atoms with E-state index in [0.717, 1.165) is 84.1 Å². The van der Waals surface area contributed by atoms with Crippen molar-refractivity contribution in [3.8, 4) is 89.0 Å². The molecule has 3 heteroatoms. The Hall–Kier alpha value is -11.5. The Labute approximate surface area is 545 Å².